The maximum atomic E-state index is 13.8. The summed E-state index contributed by atoms with van der Waals surface area (Å²) in [5.41, 5.74) is 2.71. The van der Waals surface area contributed by atoms with Gasteiger partial charge in [0.1, 0.15) is 17.4 Å². The third-order valence-corrected chi connectivity index (χ3v) is 10.3. The number of nitrogens with one attached hydrogen (secondary N) is 1. The van der Waals surface area contributed by atoms with E-state index in [1.54, 1.807) is 22.9 Å². The van der Waals surface area contributed by atoms with Crippen LogP contribution in [0.25, 0.3) is 16.9 Å². The maximum absolute atomic E-state index is 13.8. The van der Waals surface area contributed by atoms with Crippen molar-refractivity contribution in [2.24, 2.45) is 0 Å². The van der Waals surface area contributed by atoms with Gasteiger partial charge < -0.3 is 10.1 Å². The van der Waals surface area contributed by atoms with Crippen LogP contribution < -0.4 is 10.1 Å². The van der Waals surface area contributed by atoms with Crippen LogP contribution in [0.5, 0.6) is 5.75 Å². The van der Waals surface area contributed by atoms with E-state index in [-0.39, 0.29) is 17.3 Å². The van der Waals surface area contributed by atoms with Crippen molar-refractivity contribution in [2.75, 3.05) is 13.2 Å². The number of fused-ring (bicyclic) bond motifs is 1. The van der Waals surface area contributed by atoms with Crippen molar-refractivity contribution in [2.45, 2.75) is 42.7 Å². The number of aromatic nitrogens is 2. The molecule has 0 aliphatic carbocycles. The molecule has 1 saturated heterocycles. The summed E-state index contributed by atoms with van der Waals surface area (Å²) in [6.45, 7) is 0.679. The van der Waals surface area contributed by atoms with Gasteiger partial charge in [0, 0.05) is 22.2 Å². The van der Waals surface area contributed by atoms with Gasteiger partial charge in [-0.1, -0.05) is 59.1 Å². The summed E-state index contributed by atoms with van der Waals surface area (Å²) in [5.74, 6) is 0.167. The first-order valence-electron chi connectivity index (χ1n) is 13.6. The van der Waals surface area contributed by atoms with Gasteiger partial charge >= 0.3 is 0 Å². The fourth-order valence-corrected chi connectivity index (χ4v) is 7.61. The largest absolute Gasteiger partial charge is 0.489 e. The molecule has 12 heteroatoms. The summed E-state index contributed by atoms with van der Waals surface area (Å²) < 4.78 is 36.2. The fourth-order valence-electron chi connectivity index (χ4n) is 5.49. The fraction of sp³-hybridized carbons (Fsp3) is 0.267. The first-order chi connectivity index (χ1) is 20.2. The molecule has 2 aliphatic heterocycles. The Bertz CT molecular complexity index is 1730. The number of amides is 1. The van der Waals surface area contributed by atoms with E-state index in [1.165, 1.54) is 28.6 Å². The summed E-state index contributed by atoms with van der Waals surface area (Å²) in [5, 5.41) is 9.58. The van der Waals surface area contributed by atoms with Crippen molar-refractivity contribution in [3.8, 4) is 22.7 Å². The summed E-state index contributed by atoms with van der Waals surface area (Å²) in [6, 6.07) is 19.3. The number of rotatable bonds is 6. The van der Waals surface area contributed by atoms with Gasteiger partial charge in [-0.3, -0.25) is 4.79 Å². The van der Waals surface area contributed by atoms with Crippen LogP contribution in [0.15, 0.2) is 77.7 Å². The monoisotopic (exact) mass is 644 g/mol. The molecule has 3 heterocycles. The van der Waals surface area contributed by atoms with E-state index >= 15 is 0 Å². The van der Waals surface area contributed by atoms with E-state index in [9.17, 15) is 13.2 Å². The van der Waals surface area contributed by atoms with Crippen molar-refractivity contribution >= 4 is 50.7 Å². The lowest BCUT2D eigenvalue weighted by Gasteiger charge is -2.25. The van der Waals surface area contributed by atoms with E-state index in [1.807, 2.05) is 30.3 Å². The molecule has 2 atom stereocenters. The molecule has 218 valence electrons. The Hall–Kier alpha value is -3.08. The second-order valence-electron chi connectivity index (χ2n) is 10.2. The van der Waals surface area contributed by atoms with Gasteiger partial charge in [-0.2, -0.15) is 9.40 Å². The molecule has 1 fully saturated rings. The maximum Gasteiger partial charge on any atom is 0.243 e. The summed E-state index contributed by atoms with van der Waals surface area (Å²) in [4.78, 5) is 13.9. The topological polar surface area (TPSA) is 93.5 Å². The molecule has 1 aromatic heterocycles. The minimum absolute atomic E-state index is 0.0999. The van der Waals surface area contributed by atoms with Gasteiger partial charge in [0.25, 0.3) is 0 Å². The van der Waals surface area contributed by atoms with Gasteiger partial charge in [0.05, 0.1) is 28.3 Å². The molecule has 6 rings (SSSR count). The number of benzene rings is 3. The third kappa shape index (κ3) is 5.52. The predicted molar refractivity (Wildman–Crippen MR) is 163 cm³/mol. The van der Waals surface area contributed by atoms with Crippen molar-refractivity contribution in [1.29, 1.82) is 0 Å². The molecular formula is C30H27Cl3N4O4S. The lowest BCUT2D eigenvalue weighted by Crippen LogP contribution is -2.46. The molecule has 0 radical (unpaired) electrons. The molecule has 0 saturated carbocycles. The number of sulfonamides is 1. The first-order valence-corrected chi connectivity index (χ1v) is 16.2. The van der Waals surface area contributed by atoms with E-state index in [0.717, 1.165) is 5.56 Å². The van der Waals surface area contributed by atoms with E-state index < -0.39 is 22.1 Å². The second-order valence-corrected chi connectivity index (χ2v) is 13.4. The number of hydrogen-bond donors (Lipinski definition) is 1. The molecule has 1 amide bonds. The zero-order valence-corrected chi connectivity index (χ0v) is 25.4. The van der Waals surface area contributed by atoms with Gasteiger partial charge in [0.2, 0.25) is 15.9 Å². The van der Waals surface area contributed by atoms with Gasteiger partial charge in [-0.05, 0) is 74.2 Å². The van der Waals surface area contributed by atoms with Crippen LogP contribution in [0.4, 0.5) is 0 Å². The normalized spacial score (nSPS) is 19.1. The number of halogens is 3. The van der Waals surface area contributed by atoms with Gasteiger partial charge in [0.15, 0.2) is 5.75 Å². The number of carbonyl (C=O) groups excluding carboxylic acids is 1. The minimum Gasteiger partial charge on any atom is -0.489 e. The van der Waals surface area contributed by atoms with E-state index in [0.29, 0.717) is 70.2 Å². The molecule has 0 bridgehead atoms. The summed E-state index contributed by atoms with van der Waals surface area (Å²) in [6.07, 6.45) is 2.23. The highest BCUT2D eigenvalue weighted by Crippen LogP contribution is 2.42. The molecule has 8 nitrogen and oxygen atoms in total. The molecule has 42 heavy (non-hydrogen) atoms. The van der Waals surface area contributed by atoms with Crippen molar-refractivity contribution < 1.29 is 17.9 Å². The number of hydrogen-bond acceptors (Lipinski definition) is 5. The predicted octanol–water partition coefficient (Wildman–Crippen LogP) is 6.68. The van der Waals surface area contributed by atoms with Crippen molar-refractivity contribution in [1.82, 2.24) is 19.4 Å². The average molecular weight is 646 g/mol. The molecule has 0 spiro atoms. The first kappa shape index (κ1) is 29.0. The Kier molecular flexibility index (Phi) is 8.22. The quantitative estimate of drug-likeness (QED) is 0.253. The highest BCUT2D eigenvalue weighted by molar-refractivity contribution is 7.89. The Morgan fingerprint density at radius 3 is 2.31 bits per heavy atom. The number of carbonyl (C=O) groups is 1. The minimum atomic E-state index is -3.90. The lowest BCUT2D eigenvalue weighted by atomic mass is 10.0. The Morgan fingerprint density at radius 2 is 1.60 bits per heavy atom. The van der Waals surface area contributed by atoms with Crippen LogP contribution in [-0.2, 0) is 14.8 Å². The van der Waals surface area contributed by atoms with Gasteiger partial charge in [-0.25, -0.2) is 13.1 Å². The average Bonchev–Trinajstić information content (AvgIpc) is 3.57. The third-order valence-electron chi connectivity index (χ3n) is 7.52. The number of para-hydroxylation sites is 1. The highest BCUT2D eigenvalue weighted by atomic mass is 35.5. The standard InChI is InChI=1S/C30H27Cl3N4O4S/c31-20-11-9-19(10-12-20)28-29-27(35-37(28)25-7-2-1-5-23(25)33)24(6-4-18-41-29)34-30(38)26-8-3-17-36(26)42(39,40)22-15-13-21(32)14-16-22/h1-2,5,7,9-16,24,26H,3-4,6,8,17-18H2,(H,34,38). The Labute approximate surface area is 259 Å². The molecular weight excluding hydrogens is 619 g/mol. The highest BCUT2D eigenvalue weighted by Gasteiger charge is 2.41. The summed E-state index contributed by atoms with van der Waals surface area (Å²) in [7, 11) is -3.90. The van der Waals surface area contributed by atoms with Crippen LogP contribution >= 0.6 is 34.8 Å². The summed E-state index contributed by atoms with van der Waals surface area (Å²) >= 11 is 18.8. The van der Waals surface area contributed by atoms with Gasteiger partial charge in [-0.15, -0.1) is 0 Å². The van der Waals surface area contributed by atoms with Crippen LogP contribution in [0.3, 0.4) is 0 Å². The SMILES string of the molecule is O=C(NC1CCCOc2c1nn(-c1ccccc1Cl)c2-c1ccc(Cl)cc1)C1CCCN1S(=O)(=O)c1ccc(Cl)cc1. The molecule has 1 N–H and O–H groups in total. The number of nitrogens with zero attached hydrogens (tertiary/aromatic N) is 3. The van der Waals surface area contributed by atoms with E-state index in [4.69, 9.17) is 44.6 Å². The smallest absolute Gasteiger partial charge is 0.243 e. The Morgan fingerprint density at radius 1 is 0.905 bits per heavy atom. The molecule has 2 aliphatic rings. The van der Waals surface area contributed by atoms with E-state index in [2.05, 4.69) is 5.32 Å². The lowest BCUT2D eigenvalue weighted by molar-refractivity contribution is -0.125. The van der Waals surface area contributed by atoms with Crippen LogP contribution in [0.2, 0.25) is 15.1 Å². The van der Waals surface area contributed by atoms with Crippen LogP contribution in [0.1, 0.15) is 37.4 Å². The molecule has 2 unspecified atom stereocenters. The zero-order chi connectivity index (χ0) is 29.4. The van der Waals surface area contributed by atoms with Crippen LogP contribution in [-0.4, -0.2) is 47.6 Å². The second kappa shape index (κ2) is 11.9. The van der Waals surface area contributed by atoms with Crippen LogP contribution in [0, 0.1) is 0 Å². The number of ether oxygens (including phenoxy) is 1. The molecule has 4 aromatic rings. The Balaban J connectivity index is 1.36. The zero-order valence-electron chi connectivity index (χ0n) is 22.3. The molecule has 3 aromatic carbocycles. The van der Waals surface area contributed by atoms with Crippen molar-refractivity contribution in [3.63, 3.8) is 0 Å². The van der Waals surface area contributed by atoms with Crippen molar-refractivity contribution in [3.05, 3.63) is 93.6 Å².